The topological polar surface area (TPSA) is 41.1 Å². The number of nitrogens with one attached hydrogen (secondary N) is 2. The van der Waals surface area contributed by atoms with E-state index in [0.717, 1.165) is 21.7 Å². The van der Waals surface area contributed by atoms with Crippen LogP contribution in [0.1, 0.15) is 27.7 Å². The third kappa shape index (κ3) is 2.47. The van der Waals surface area contributed by atoms with Gasteiger partial charge in [0.25, 0.3) is 5.91 Å². The molecule has 1 aliphatic heterocycles. The van der Waals surface area contributed by atoms with Crippen molar-refractivity contribution in [1.29, 1.82) is 0 Å². The fraction of sp³-hybridized carbons (Fsp3) is 0.105. The van der Waals surface area contributed by atoms with E-state index in [2.05, 4.69) is 10.6 Å². The van der Waals surface area contributed by atoms with Crippen molar-refractivity contribution in [2.45, 2.75) is 13.1 Å². The van der Waals surface area contributed by atoms with Gasteiger partial charge in [0.1, 0.15) is 12.0 Å². The Morgan fingerprint density at radius 2 is 1.96 bits per heavy atom. The summed E-state index contributed by atoms with van der Waals surface area (Å²) in [5.41, 5.74) is 3.75. The summed E-state index contributed by atoms with van der Waals surface area (Å²) in [5.74, 6) is -0.381. The molecule has 24 heavy (non-hydrogen) atoms. The normalized spacial score (nSPS) is 16.2. The van der Waals surface area contributed by atoms with Gasteiger partial charge in [-0.1, -0.05) is 24.3 Å². The second-order valence-corrected chi connectivity index (χ2v) is 6.71. The maximum absolute atomic E-state index is 14.2. The number of hydrogen-bond donors (Lipinski definition) is 2. The lowest BCUT2D eigenvalue weighted by Crippen LogP contribution is -2.38. The first kappa shape index (κ1) is 14.9. The van der Waals surface area contributed by atoms with Gasteiger partial charge in [-0.3, -0.25) is 4.79 Å². The van der Waals surface area contributed by atoms with Crippen LogP contribution in [0.4, 0.5) is 10.1 Å². The highest BCUT2D eigenvalue weighted by Gasteiger charge is 2.26. The zero-order valence-electron chi connectivity index (χ0n) is 13.0. The van der Waals surface area contributed by atoms with E-state index in [1.807, 2.05) is 42.6 Å². The van der Waals surface area contributed by atoms with Crippen molar-refractivity contribution in [2.75, 3.05) is 5.32 Å². The predicted molar refractivity (Wildman–Crippen MR) is 94.7 cm³/mol. The average molecular weight is 338 g/mol. The van der Waals surface area contributed by atoms with Gasteiger partial charge in [0.05, 0.1) is 5.56 Å². The highest BCUT2D eigenvalue weighted by Crippen LogP contribution is 2.32. The van der Waals surface area contributed by atoms with Gasteiger partial charge in [-0.15, -0.1) is 11.3 Å². The van der Waals surface area contributed by atoms with Crippen molar-refractivity contribution in [3.63, 3.8) is 0 Å². The molecule has 0 fully saturated rings. The Morgan fingerprint density at radius 1 is 1.08 bits per heavy atom. The van der Waals surface area contributed by atoms with Crippen LogP contribution in [0.5, 0.6) is 0 Å². The van der Waals surface area contributed by atoms with Gasteiger partial charge in [0.2, 0.25) is 0 Å². The van der Waals surface area contributed by atoms with Crippen molar-refractivity contribution in [3.8, 4) is 10.4 Å². The van der Waals surface area contributed by atoms with Crippen LogP contribution in [-0.4, -0.2) is 5.91 Å². The third-order valence-electron chi connectivity index (χ3n) is 4.19. The van der Waals surface area contributed by atoms with Gasteiger partial charge in [-0.25, -0.2) is 4.39 Å². The molecule has 2 aromatic carbocycles. The minimum Gasteiger partial charge on any atom is -0.361 e. The van der Waals surface area contributed by atoms with Crippen LogP contribution in [-0.2, 0) is 0 Å². The molecule has 0 unspecified atom stereocenters. The molecule has 3 aromatic rings. The molecule has 1 atom stereocenters. The molecule has 1 aromatic heterocycles. The van der Waals surface area contributed by atoms with E-state index < -0.39 is 0 Å². The summed E-state index contributed by atoms with van der Waals surface area (Å²) < 4.78 is 14.2. The lowest BCUT2D eigenvalue weighted by atomic mass is 10.0. The second-order valence-electron chi connectivity index (χ2n) is 5.76. The van der Waals surface area contributed by atoms with E-state index in [1.54, 1.807) is 12.1 Å². The van der Waals surface area contributed by atoms with Crippen LogP contribution >= 0.6 is 11.3 Å². The minimum absolute atomic E-state index is 0.117. The molecule has 2 heterocycles. The molecular weight excluding hydrogens is 323 g/mol. The Hall–Kier alpha value is -2.66. The van der Waals surface area contributed by atoms with E-state index in [4.69, 9.17) is 0 Å². The fourth-order valence-corrected chi connectivity index (χ4v) is 3.74. The smallest absolute Gasteiger partial charge is 0.255 e. The second kappa shape index (κ2) is 5.76. The summed E-state index contributed by atoms with van der Waals surface area (Å²) in [6.45, 7) is 1.91. The highest BCUT2D eigenvalue weighted by atomic mass is 32.1. The molecule has 0 saturated heterocycles. The number of carbonyl (C=O) groups excluding carboxylic acids is 1. The first-order chi connectivity index (χ1) is 11.6. The number of thiophene rings is 1. The van der Waals surface area contributed by atoms with Crippen LogP contribution < -0.4 is 10.6 Å². The van der Waals surface area contributed by atoms with Crippen LogP contribution in [0.2, 0.25) is 0 Å². The third-order valence-corrected chi connectivity index (χ3v) is 5.09. The van der Waals surface area contributed by atoms with Gasteiger partial charge in [-0.05, 0) is 47.7 Å². The SMILES string of the molecule is Cc1cccc2c1C(=O)N[C@@H](c1ccc(F)c(-c3cccs3)c1)N2. The number of anilines is 1. The largest absolute Gasteiger partial charge is 0.361 e. The number of rotatable bonds is 2. The number of hydrogen-bond acceptors (Lipinski definition) is 3. The molecule has 0 bridgehead atoms. The number of aryl methyl sites for hydroxylation is 1. The van der Waals surface area contributed by atoms with Crippen LogP contribution in [0.15, 0.2) is 53.9 Å². The van der Waals surface area contributed by atoms with Crippen molar-refractivity contribution in [2.24, 2.45) is 0 Å². The monoisotopic (exact) mass is 338 g/mol. The highest BCUT2D eigenvalue weighted by molar-refractivity contribution is 7.13. The first-order valence-electron chi connectivity index (χ1n) is 7.64. The van der Waals surface area contributed by atoms with Gasteiger partial charge >= 0.3 is 0 Å². The Labute approximate surface area is 143 Å². The summed E-state index contributed by atoms with van der Waals surface area (Å²) in [6, 6.07) is 14.4. The van der Waals surface area contributed by atoms with E-state index in [-0.39, 0.29) is 17.9 Å². The Morgan fingerprint density at radius 3 is 2.75 bits per heavy atom. The van der Waals surface area contributed by atoms with Crippen molar-refractivity contribution >= 4 is 22.9 Å². The number of fused-ring (bicyclic) bond motifs is 1. The van der Waals surface area contributed by atoms with Crippen molar-refractivity contribution < 1.29 is 9.18 Å². The molecular formula is C19H15FN2OS. The van der Waals surface area contributed by atoms with E-state index in [0.29, 0.717) is 11.1 Å². The molecule has 4 rings (SSSR count). The fourth-order valence-electron chi connectivity index (χ4n) is 2.99. The molecule has 1 aliphatic rings. The van der Waals surface area contributed by atoms with Crippen LogP contribution in [0.25, 0.3) is 10.4 Å². The summed E-state index contributed by atoms with van der Waals surface area (Å²) in [4.78, 5) is 13.3. The van der Waals surface area contributed by atoms with Crippen LogP contribution in [0.3, 0.4) is 0 Å². The maximum Gasteiger partial charge on any atom is 0.255 e. The van der Waals surface area contributed by atoms with Crippen molar-refractivity contribution in [3.05, 3.63) is 76.4 Å². The molecule has 0 aliphatic carbocycles. The summed E-state index contributed by atoms with van der Waals surface area (Å²) >= 11 is 1.49. The lowest BCUT2D eigenvalue weighted by Gasteiger charge is -2.29. The number of benzene rings is 2. The molecule has 1 amide bonds. The zero-order chi connectivity index (χ0) is 16.7. The number of carbonyl (C=O) groups is 1. The average Bonchev–Trinajstić information content (AvgIpc) is 3.09. The van der Waals surface area contributed by atoms with Gasteiger partial charge < -0.3 is 10.6 Å². The Bertz CT molecular complexity index is 921. The number of halogens is 1. The Balaban J connectivity index is 1.73. The molecule has 120 valence electrons. The summed E-state index contributed by atoms with van der Waals surface area (Å²) in [6.07, 6.45) is -0.383. The lowest BCUT2D eigenvalue weighted by molar-refractivity contribution is 0.0935. The molecule has 0 spiro atoms. The van der Waals surface area contributed by atoms with E-state index in [9.17, 15) is 9.18 Å². The zero-order valence-corrected chi connectivity index (χ0v) is 13.8. The first-order valence-corrected chi connectivity index (χ1v) is 8.52. The minimum atomic E-state index is -0.383. The van der Waals surface area contributed by atoms with Gasteiger partial charge in [-0.2, -0.15) is 0 Å². The predicted octanol–water partition coefficient (Wildman–Crippen LogP) is 4.72. The molecule has 0 radical (unpaired) electrons. The molecule has 0 saturated carbocycles. The number of amides is 1. The quantitative estimate of drug-likeness (QED) is 0.710. The standard InChI is InChI=1S/C19H15FN2OS/c1-11-4-2-5-15-17(11)19(23)22-18(21-15)12-7-8-14(20)13(10-12)16-6-3-9-24-16/h2-10,18,21H,1H3,(H,22,23)/t18-/m0/s1. The van der Waals surface area contributed by atoms with Gasteiger partial charge in [0, 0.05) is 16.1 Å². The summed E-state index contributed by atoms with van der Waals surface area (Å²) in [5, 5.41) is 8.20. The van der Waals surface area contributed by atoms with Crippen molar-refractivity contribution in [1.82, 2.24) is 5.32 Å². The molecule has 5 heteroatoms. The van der Waals surface area contributed by atoms with Crippen LogP contribution in [0, 0.1) is 12.7 Å². The Kier molecular flexibility index (Phi) is 3.58. The molecule has 3 nitrogen and oxygen atoms in total. The maximum atomic E-state index is 14.2. The van der Waals surface area contributed by atoms with Gasteiger partial charge in [0.15, 0.2) is 0 Å². The van der Waals surface area contributed by atoms with E-state index in [1.165, 1.54) is 17.4 Å². The molecule has 2 N–H and O–H groups in total. The van der Waals surface area contributed by atoms with E-state index >= 15 is 0 Å². The summed E-state index contributed by atoms with van der Waals surface area (Å²) in [7, 11) is 0.